The zero-order valence-corrected chi connectivity index (χ0v) is 23.8. The first-order valence-corrected chi connectivity index (χ1v) is 14.3. The van der Waals surface area contributed by atoms with Crippen molar-refractivity contribution < 1.29 is 36.3 Å². The second-order valence-electron chi connectivity index (χ2n) is 12.5. The molecule has 0 spiro atoms. The number of fused-ring (bicyclic) bond motifs is 2. The fourth-order valence-corrected chi connectivity index (χ4v) is 7.17. The Hall–Kier alpha value is -3.09. The molecule has 1 amide bonds. The summed E-state index contributed by atoms with van der Waals surface area (Å²) in [6.45, 7) is 2.04. The molecular weight excluding hydrogens is 561 g/mol. The molecule has 2 bridgehead atoms. The second-order valence-corrected chi connectivity index (χ2v) is 12.5. The van der Waals surface area contributed by atoms with Crippen LogP contribution in [0.4, 0.5) is 22.0 Å². The number of hydrogen-bond acceptors (Lipinski definition) is 6. The number of rotatable bonds is 8. The number of amides is 1. The number of carbonyl (C=O) groups is 2. The lowest BCUT2D eigenvalue weighted by Crippen LogP contribution is -2.59. The molecule has 2 aromatic heterocycles. The summed E-state index contributed by atoms with van der Waals surface area (Å²) >= 11 is 0. The number of piperidine rings is 1. The largest absolute Gasteiger partial charge is 0.481 e. The van der Waals surface area contributed by atoms with Crippen LogP contribution >= 0.6 is 0 Å². The molecule has 8 nitrogen and oxygen atoms in total. The zero-order chi connectivity index (χ0) is 30.4. The molecule has 2 N–H and O–H groups in total. The first-order valence-electron chi connectivity index (χ1n) is 14.3. The number of ether oxygens (including phenoxy) is 1. The number of aromatic nitrogens is 3. The zero-order valence-electron chi connectivity index (χ0n) is 23.8. The fourth-order valence-electron chi connectivity index (χ4n) is 7.17. The molecule has 42 heavy (non-hydrogen) atoms. The molecule has 1 unspecified atom stereocenters. The highest BCUT2D eigenvalue weighted by Crippen LogP contribution is 2.50. The van der Waals surface area contributed by atoms with E-state index in [0.717, 1.165) is 23.9 Å². The lowest BCUT2D eigenvalue weighted by Gasteiger charge is -2.42. The third-order valence-electron chi connectivity index (χ3n) is 8.92. The van der Waals surface area contributed by atoms with Gasteiger partial charge in [-0.05, 0) is 70.3 Å². The standard InChI is InChI=1S/C29H36F5N5O3/c1-28(2,31)14-39-13-18(6-7-23(39)29(32,33)34)36-27(41)17-8-15-4-5-16(9-17)25(15)26(40)22-11-21(37-38-22)19-10-24(42-3)35-12-20(19)30/h10-12,15-18,23,25H,4-9,13-14H2,1-3H3,(H,36,41)(H,37,38)/t15-,16+,17-,18-,23+,25?/m1/s1. The van der Waals surface area contributed by atoms with E-state index in [1.807, 2.05) is 0 Å². The summed E-state index contributed by atoms with van der Waals surface area (Å²) in [6.07, 6.45) is -0.938. The van der Waals surface area contributed by atoms with Crippen LogP contribution in [0.3, 0.4) is 0 Å². The number of alkyl halides is 4. The number of Topliss-reactive ketones (excluding diaryl/α,β-unsaturated/α-hetero) is 1. The molecule has 3 fully saturated rings. The topological polar surface area (TPSA) is 100 Å². The van der Waals surface area contributed by atoms with E-state index in [2.05, 4.69) is 20.5 Å². The van der Waals surface area contributed by atoms with Gasteiger partial charge in [0.15, 0.2) is 11.6 Å². The minimum Gasteiger partial charge on any atom is -0.481 e. The van der Waals surface area contributed by atoms with E-state index in [-0.39, 0.29) is 78.4 Å². The predicted octanol–water partition coefficient (Wildman–Crippen LogP) is 5.11. The predicted molar refractivity (Wildman–Crippen MR) is 143 cm³/mol. The van der Waals surface area contributed by atoms with Gasteiger partial charge in [-0.25, -0.2) is 13.8 Å². The Kier molecular flexibility index (Phi) is 8.34. The molecule has 230 valence electrons. The Morgan fingerprint density at radius 1 is 1.10 bits per heavy atom. The van der Waals surface area contributed by atoms with Crippen LogP contribution in [0.15, 0.2) is 18.3 Å². The van der Waals surface area contributed by atoms with Crippen LogP contribution in [0.2, 0.25) is 0 Å². The Labute approximate surface area is 240 Å². The molecule has 2 saturated carbocycles. The van der Waals surface area contributed by atoms with E-state index in [0.29, 0.717) is 18.5 Å². The highest BCUT2D eigenvalue weighted by Gasteiger charge is 2.50. The highest BCUT2D eigenvalue weighted by atomic mass is 19.4. The minimum atomic E-state index is -4.47. The lowest BCUT2D eigenvalue weighted by molar-refractivity contribution is -0.196. The number of H-pyrrole nitrogens is 1. The van der Waals surface area contributed by atoms with Crippen molar-refractivity contribution in [1.29, 1.82) is 0 Å². The maximum absolute atomic E-state index is 14.4. The molecular formula is C29H36F5N5O3. The molecule has 13 heteroatoms. The van der Waals surface area contributed by atoms with Crippen molar-refractivity contribution in [3.05, 3.63) is 29.8 Å². The maximum atomic E-state index is 14.4. The average molecular weight is 598 g/mol. The number of ketones is 1. The van der Waals surface area contributed by atoms with Gasteiger partial charge >= 0.3 is 6.18 Å². The molecule has 1 aliphatic heterocycles. The van der Waals surface area contributed by atoms with Crippen molar-refractivity contribution in [3.8, 4) is 17.1 Å². The van der Waals surface area contributed by atoms with Crippen molar-refractivity contribution in [3.63, 3.8) is 0 Å². The van der Waals surface area contributed by atoms with Crippen LogP contribution in [0.25, 0.3) is 11.3 Å². The van der Waals surface area contributed by atoms with Crippen molar-refractivity contribution in [2.24, 2.45) is 23.7 Å². The Balaban J connectivity index is 1.22. The van der Waals surface area contributed by atoms with E-state index < -0.39 is 29.7 Å². The van der Waals surface area contributed by atoms with Crippen molar-refractivity contribution in [2.75, 3.05) is 20.2 Å². The van der Waals surface area contributed by atoms with Crippen molar-refractivity contribution in [2.45, 2.75) is 76.3 Å². The molecule has 2 aromatic rings. The van der Waals surface area contributed by atoms with E-state index in [4.69, 9.17) is 4.74 Å². The number of carbonyl (C=O) groups excluding carboxylic acids is 2. The molecule has 3 aliphatic rings. The van der Waals surface area contributed by atoms with E-state index in [9.17, 15) is 31.5 Å². The summed E-state index contributed by atoms with van der Waals surface area (Å²) in [5, 5.41) is 9.82. The quantitative estimate of drug-likeness (QED) is 0.324. The smallest absolute Gasteiger partial charge is 0.404 e. The molecule has 0 radical (unpaired) electrons. The maximum Gasteiger partial charge on any atom is 0.404 e. The molecule has 6 atom stereocenters. The summed E-state index contributed by atoms with van der Waals surface area (Å²) in [4.78, 5) is 31.7. The monoisotopic (exact) mass is 597 g/mol. The number of methoxy groups -OCH3 is 1. The van der Waals surface area contributed by atoms with Gasteiger partial charge in [0, 0.05) is 42.6 Å². The summed E-state index contributed by atoms with van der Waals surface area (Å²) < 4.78 is 74.5. The van der Waals surface area contributed by atoms with Gasteiger partial charge in [-0.15, -0.1) is 0 Å². The van der Waals surface area contributed by atoms with Gasteiger partial charge in [0.1, 0.15) is 17.4 Å². The first-order chi connectivity index (χ1) is 19.7. The summed E-state index contributed by atoms with van der Waals surface area (Å²) in [5.41, 5.74) is -1.12. The average Bonchev–Trinajstić information content (AvgIpc) is 3.49. The van der Waals surface area contributed by atoms with Gasteiger partial charge in [-0.1, -0.05) is 0 Å². The fraction of sp³-hybridized carbons (Fsp3) is 0.655. The summed E-state index contributed by atoms with van der Waals surface area (Å²) in [5.74, 6) is -1.48. The normalized spacial score (nSPS) is 28.5. The summed E-state index contributed by atoms with van der Waals surface area (Å²) in [7, 11) is 1.42. The van der Waals surface area contributed by atoms with E-state index in [1.165, 1.54) is 33.1 Å². The number of hydrogen-bond donors (Lipinski definition) is 2. The van der Waals surface area contributed by atoms with Crippen LogP contribution in [-0.4, -0.2) is 75.9 Å². The molecule has 0 aromatic carbocycles. The molecule has 2 aliphatic carbocycles. The van der Waals surface area contributed by atoms with Gasteiger partial charge in [0.25, 0.3) is 0 Å². The Bertz CT molecular complexity index is 1300. The number of pyridine rings is 1. The van der Waals surface area contributed by atoms with E-state index in [1.54, 1.807) is 0 Å². The van der Waals surface area contributed by atoms with E-state index >= 15 is 0 Å². The SMILES string of the molecule is COc1cc(-c2cc(C(=O)C3[C@@H]4CC[C@H]3C[C@H](C(=O)N[C@@H]3CC[C@@H](C(F)(F)F)N(CC(C)(C)F)C3)C4)n[nH]2)c(F)cn1. The third-order valence-corrected chi connectivity index (χ3v) is 8.92. The minimum absolute atomic E-state index is 0.0327. The van der Waals surface area contributed by atoms with Crippen LogP contribution in [0.5, 0.6) is 5.88 Å². The Morgan fingerprint density at radius 2 is 1.79 bits per heavy atom. The van der Waals surface area contributed by atoms with Crippen LogP contribution in [-0.2, 0) is 4.79 Å². The third kappa shape index (κ3) is 6.45. The van der Waals surface area contributed by atoms with Gasteiger partial charge in [0.2, 0.25) is 11.8 Å². The molecule has 3 heterocycles. The molecule has 5 rings (SSSR count). The van der Waals surface area contributed by atoms with Gasteiger partial charge in [-0.3, -0.25) is 19.6 Å². The van der Waals surface area contributed by atoms with Gasteiger partial charge in [-0.2, -0.15) is 18.3 Å². The molecule has 1 saturated heterocycles. The van der Waals surface area contributed by atoms with Gasteiger partial charge in [0.05, 0.1) is 19.0 Å². The van der Waals surface area contributed by atoms with Gasteiger partial charge < -0.3 is 10.1 Å². The van der Waals surface area contributed by atoms with Crippen LogP contribution in [0, 0.1) is 29.5 Å². The van der Waals surface area contributed by atoms with Crippen molar-refractivity contribution in [1.82, 2.24) is 25.4 Å². The number of nitrogens with one attached hydrogen (secondary N) is 2. The number of halogens is 5. The number of likely N-dealkylation sites (tertiary alicyclic amines) is 1. The highest BCUT2D eigenvalue weighted by molar-refractivity contribution is 5.98. The van der Waals surface area contributed by atoms with Crippen LogP contribution < -0.4 is 10.1 Å². The summed E-state index contributed by atoms with van der Waals surface area (Å²) in [6, 6.07) is 0.681. The first kappa shape index (κ1) is 30.4. The van der Waals surface area contributed by atoms with Crippen LogP contribution in [0.1, 0.15) is 62.9 Å². The number of aromatic amines is 1. The Morgan fingerprint density at radius 3 is 2.40 bits per heavy atom. The lowest BCUT2D eigenvalue weighted by atomic mass is 9.70. The number of nitrogens with zero attached hydrogens (tertiary/aromatic N) is 3. The second kappa shape index (κ2) is 11.5. The van der Waals surface area contributed by atoms with Crippen molar-refractivity contribution >= 4 is 11.7 Å².